The second kappa shape index (κ2) is 19.3. The Morgan fingerprint density at radius 1 is 0.784 bits per heavy atom. The van der Waals surface area contributed by atoms with Crippen LogP contribution in [-0.2, 0) is 28.4 Å². The van der Waals surface area contributed by atoms with Crippen molar-refractivity contribution in [3.63, 3.8) is 0 Å². The number of carbonyl (C=O) groups excluding carboxylic acids is 1. The number of aromatic nitrogens is 1. The Kier molecular flexibility index (Phi) is 14.1. The molecule has 1 N–H and O–H groups in total. The highest BCUT2D eigenvalue weighted by Crippen LogP contribution is 2.40. The summed E-state index contributed by atoms with van der Waals surface area (Å²) in [5, 5.41) is 11.4. The molecule has 0 amide bonds. The maximum Gasteiger partial charge on any atom is 0.196 e. The molecule has 1 aromatic heterocycles. The van der Waals surface area contributed by atoms with E-state index in [1.807, 2.05) is 54.6 Å². The van der Waals surface area contributed by atoms with Crippen LogP contribution in [0.5, 0.6) is 11.5 Å². The number of nitrogens with zero attached hydrogens (tertiary/aromatic N) is 2. The first-order valence-electron chi connectivity index (χ1n) is 17.9. The number of rotatable bonds is 22. The third-order valence-corrected chi connectivity index (χ3v) is 9.15. The van der Waals surface area contributed by atoms with Crippen molar-refractivity contribution in [2.24, 2.45) is 0 Å². The second-order valence-electron chi connectivity index (χ2n) is 12.5. The minimum absolute atomic E-state index is 0.00711. The van der Waals surface area contributed by atoms with Crippen LogP contribution >= 0.6 is 0 Å². The van der Waals surface area contributed by atoms with Crippen molar-refractivity contribution >= 4 is 27.5 Å². The molecular weight excluding hydrogens is 656 g/mol. The highest BCUT2D eigenvalue weighted by Gasteiger charge is 2.32. The summed E-state index contributed by atoms with van der Waals surface area (Å²) >= 11 is 0. The van der Waals surface area contributed by atoms with Gasteiger partial charge in [-0.15, -0.1) is 0 Å². The van der Waals surface area contributed by atoms with Crippen LogP contribution in [0.2, 0.25) is 0 Å². The largest absolute Gasteiger partial charge is 0.491 e. The summed E-state index contributed by atoms with van der Waals surface area (Å²) in [6.45, 7) is 11.7. The first-order chi connectivity index (χ1) is 25.2. The fraction of sp³-hybridized carbons (Fsp3) is 0.513. The number of hydrogen-bond donors (Lipinski definition) is 1. The minimum Gasteiger partial charge on any atom is -0.491 e. The van der Waals surface area contributed by atoms with Gasteiger partial charge in [0.2, 0.25) is 0 Å². The Morgan fingerprint density at radius 2 is 1.43 bits per heavy atom. The number of para-hydroxylation sites is 1. The monoisotopic (exact) mass is 706 g/mol. The van der Waals surface area contributed by atoms with E-state index in [9.17, 15) is 4.79 Å². The molecule has 1 saturated heterocycles. The van der Waals surface area contributed by atoms with E-state index in [1.54, 1.807) is 0 Å². The van der Waals surface area contributed by atoms with E-state index >= 15 is 0 Å². The number of ketones is 1. The number of hydrogen-bond acceptors (Lipinski definition) is 11. The molecule has 0 radical (unpaired) electrons. The number of benzene rings is 3. The SMILES string of the molecule is Cc1c(C(=O)c2cccc3cc(OCCOCCOCCOCCOCCOCCO)ccc23)c2cccc3c2n1[C@H](CN1CCOCC1)CO3. The van der Waals surface area contributed by atoms with E-state index in [0.29, 0.717) is 84.8 Å². The average molecular weight is 707 g/mol. The van der Waals surface area contributed by atoms with Gasteiger partial charge in [-0.05, 0) is 42.0 Å². The highest BCUT2D eigenvalue weighted by atomic mass is 16.6. The van der Waals surface area contributed by atoms with Crippen LogP contribution in [-0.4, -0.2) is 139 Å². The lowest BCUT2D eigenvalue weighted by Gasteiger charge is -2.34. The van der Waals surface area contributed by atoms with E-state index in [0.717, 1.165) is 77.3 Å². The van der Waals surface area contributed by atoms with E-state index in [1.165, 1.54) is 0 Å². The van der Waals surface area contributed by atoms with Crippen LogP contribution < -0.4 is 9.47 Å². The molecule has 12 nitrogen and oxygen atoms in total. The van der Waals surface area contributed by atoms with Gasteiger partial charge in [-0.25, -0.2) is 0 Å². The van der Waals surface area contributed by atoms with Gasteiger partial charge in [-0.1, -0.05) is 30.3 Å². The van der Waals surface area contributed by atoms with Crippen LogP contribution in [0.4, 0.5) is 0 Å². The second-order valence-corrected chi connectivity index (χ2v) is 12.5. The zero-order valence-corrected chi connectivity index (χ0v) is 29.5. The quantitative estimate of drug-likeness (QED) is 0.0942. The molecular formula is C39H50N2O10. The number of ether oxygens (including phenoxy) is 8. The van der Waals surface area contributed by atoms with Crippen molar-refractivity contribution in [2.45, 2.75) is 13.0 Å². The van der Waals surface area contributed by atoms with E-state index < -0.39 is 0 Å². The van der Waals surface area contributed by atoms with Crippen LogP contribution in [0.15, 0.2) is 54.6 Å². The van der Waals surface area contributed by atoms with Crippen molar-refractivity contribution in [3.8, 4) is 11.5 Å². The van der Waals surface area contributed by atoms with Crippen molar-refractivity contribution < 1.29 is 47.8 Å². The summed E-state index contributed by atoms with van der Waals surface area (Å²) in [4.78, 5) is 16.8. The van der Waals surface area contributed by atoms with E-state index in [2.05, 4.69) is 16.4 Å². The summed E-state index contributed by atoms with van der Waals surface area (Å²) in [5.41, 5.74) is 3.36. The zero-order valence-electron chi connectivity index (χ0n) is 29.5. The predicted molar refractivity (Wildman–Crippen MR) is 193 cm³/mol. The summed E-state index contributed by atoms with van der Waals surface area (Å²) in [5.74, 6) is 1.55. The maximum atomic E-state index is 14.4. The van der Waals surface area contributed by atoms with Gasteiger partial charge >= 0.3 is 0 Å². The lowest BCUT2D eigenvalue weighted by Crippen LogP contribution is -2.42. The number of aliphatic hydroxyl groups is 1. The molecule has 12 heteroatoms. The fourth-order valence-corrected chi connectivity index (χ4v) is 6.74. The van der Waals surface area contributed by atoms with Crippen LogP contribution in [0.1, 0.15) is 27.7 Å². The molecule has 0 bridgehead atoms. The smallest absolute Gasteiger partial charge is 0.196 e. The topological polar surface area (TPSA) is 119 Å². The predicted octanol–water partition coefficient (Wildman–Crippen LogP) is 4.05. The number of aliphatic hydroxyl groups excluding tert-OH is 1. The maximum absolute atomic E-state index is 14.4. The van der Waals surface area contributed by atoms with Crippen molar-refractivity contribution in [1.82, 2.24) is 9.47 Å². The normalized spacial score (nSPS) is 16.2. The van der Waals surface area contributed by atoms with Crippen molar-refractivity contribution in [3.05, 3.63) is 71.4 Å². The molecule has 2 aliphatic heterocycles. The molecule has 3 aromatic carbocycles. The molecule has 3 heterocycles. The summed E-state index contributed by atoms with van der Waals surface area (Å²) < 4.78 is 47.3. The third kappa shape index (κ3) is 9.65. The molecule has 2 aliphatic rings. The Morgan fingerprint density at radius 3 is 2.12 bits per heavy atom. The molecule has 0 aliphatic carbocycles. The summed E-state index contributed by atoms with van der Waals surface area (Å²) in [7, 11) is 0. The first-order valence-corrected chi connectivity index (χ1v) is 17.9. The lowest BCUT2D eigenvalue weighted by molar-refractivity contribution is -0.0146. The summed E-state index contributed by atoms with van der Waals surface area (Å²) in [6, 6.07) is 17.8. The number of carbonyl (C=O) groups is 1. The van der Waals surface area contributed by atoms with Gasteiger partial charge in [0, 0.05) is 36.3 Å². The molecule has 1 fully saturated rings. The first kappa shape index (κ1) is 37.2. The van der Waals surface area contributed by atoms with Gasteiger partial charge in [0.25, 0.3) is 0 Å². The van der Waals surface area contributed by atoms with Crippen LogP contribution in [0.3, 0.4) is 0 Å². The summed E-state index contributed by atoms with van der Waals surface area (Å²) in [6.07, 6.45) is 0. The van der Waals surface area contributed by atoms with E-state index in [4.69, 9.17) is 43.0 Å². The fourth-order valence-electron chi connectivity index (χ4n) is 6.74. The standard InChI is InChI=1S/C39H50N2O10/c1-29-37(35-6-3-7-36-38(35)41(29)31(28-51-36)27-40-10-13-44-14-11-40)39(43)34-5-2-4-30-26-32(8-9-33(30)34)50-25-24-49-23-22-48-21-20-47-19-18-46-17-16-45-15-12-42/h2-9,26,31,42H,10-25,27-28H2,1H3/t31-/m1/s1. The molecule has 51 heavy (non-hydrogen) atoms. The Balaban J connectivity index is 0.978. The number of fused-ring (bicyclic) bond motifs is 1. The Labute approximate surface area is 299 Å². The minimum atomic E-state index is 0.00711. The van der Waals surface area contributed by atoms with Gasteiger partial charge < -0.3 is 47.6 Å². The Hall–Kier alpha value is -3.59. The van der Waals surface area contributed by atoms with Gasteiger partial charge in [-0.3, -0.25) is 9.69 Å². The van der Waals surface area contributed by atoms with E-state index in [-0.39, 0.29) is 18.4 Å². The van der Waals surface area contributed by atoms with Gasteiger partial charge in [-0.2, -0.15) is 0 Å². The molecule has 4 aromatic rings. The van der Waals surface area contributed by atoms with Gasteiger partial charge in [0.05, 0.1) is 103 Å². The van der Waals surface area contributed by atoms with Crippen LogP contribution in [0.25, 0.3) is 21.7 Å². The number of morpholine rings is 1. The zero-order chi connectivity index (χ0) is 35.3. The van der Waals surface area contributed by atoms with Gasteiger partial charge in [0.15, 0.2) is 5.78 Å². The van der Waals surface area contributed by atoms with Gasteiger partial charge in [0.1, 0.15) is 24.7 Å². The van der Waals surface area contributed by atoms with Crippen molar-refractivity contribution in [1.29, 1.82) is 0 Å². The molecule has 0 unspecified atom stereocenters. The molecule has 276 valence electrons. The average Bonchev–Trinajstić information content (AvgIpc) is 3.46. The lowest BCUT2D eigenvalue weighted by atomic mass is 9.95. The highest BCUT2D eigenvalue weighted by molar-refractivity contribution is 6.22. The third-order valence-electron chi connectivity index (χ3n) is 9.15. The molecule has 0 spiro atoms. The molecule has 6 rings (SSSR count). The van der Waals surface area contributed by atoms with Crippen LogP contribution in [0, 0.1) is 6.92 Å². The molecule has 1 atom stereocenters. The molecule has 0 saturated carbocycles. The van der Waals surface area contributed by atoms with Crippen molar-refractivity contribution in [2.75, 3.05) is 119 Å². The Bertz CT molecular complexity index is 1700.